The molecule has 1 aliphatic heterocycles. The normalized spacial score (nSPS) is 20.3. The van der Waals surface area contributed by atoms with Crippen LogP contribution in [0.2, 0.25) is 0 Å². The SMILES string of the molecule is CC[C@@H]1CN(C(=O)[C@@H](NC(=O)c2ccccc2)[C@H](C)CC)CCO1. The molecule has 0 radical (unpaired) electrons. The van der Waals surface area contributed by atoms with Crippen LogP contribution < -0.4 is 5.32 Å². The van der Waals surface area contributed by atoms with Crippen LogP contribution in [0.1, 0.15) is 44.0 Å². The zero-order valence-electron chi connectivity index (χ0n) is 14.8. The maximum atomic E-state index is 13.0. The van der Waals surface area contributed by atoms with E-state index in [0.717, 1.165) is 12.8 Å². The number of carbonyl (C=O) groups is 2. The van der Waals surface area contributed by atoms with Crippen molar-refractivity contribution in [1.29, 1.82) is 0 Å². The molecule has 132 valence electrons. The molecule has 2 rings (SSSR count). The predicted octanol–water partition coefficient (Wildman–Crippen LogP) is 2.47. The van der Waals surface area contributed by atoms with Gasteiger partial charge in [-0.1, -0.05) is 45.4 Å². The Hall–Kier alpha value is -1.88. The van der Waals surface area contributed by atoms with Gasteiger partial charge in [-0.05, 0) is 24.5 Å². The summed E-state index contributed by atoms with van der Waals surface area (Å²) in [5, 5.41) is 2.94. The summed E-state index contributed by atoms with van der Waals surface area (Å²) in [6.45, 7) is 7.85. The second-order valence-electron chi connectivity index (χ2n) is 6.39. The number of benzene rings is 1. The highest BCUT2D eigenvalue weighted by Crippen LogP contribution is 2.16. The average molecular weight is 332 g/mol. The quantitative estimate of drug-likeness (QED) is 0.870. The van der Waals surface area contributed by atoms with Crippen molar-refractivity contribution in [2.45, 2.75) is 45.8 Å². The lowest BCUT2D eigenvalue weighted by molar-refractivity contribution is -0.142. The first-order chi connectivity index (χ1) is 11.6. The molecule has 5 heteroatoms. The number of rotatable bonds is 6. The molecule has 1 aliphatic rings. The smallest absolute Gasteiger partial charge is 0.251 e. The standard InChI is InChI=1S/C19H28N2O3/c1-4-14(3)17(20-18(22)15-9-7-6-8-10-15)19(23)21-11-12-24-16(5-2)13-21/h6-10,14,16-17H,4-5,11-13H2,1-3H3,(H,20,22)/t14-,16-,17+/m1/s1. The molecule has 1 saturated heterocycles. The zero-order chi connectivity index (χ0) is 17.5. The van der Waals surface area contributed by atoms with Gasteiger partial charge in [0.1, 0.15) is 6.04 Å². The molecule has 1 heterocycles. The lowest BCUT2D eigenvalue weighted by atomic mass is 9.96. The van der Waals surface area contributed by atoms with Crippen LogP contribution in [0, 0.1) is 5.92 Å². The van der Waals surface area contributed by atoms with Gasteiger partial charge in [0.2, 0.25) is 5.91 Å². The molecule has 0 bridgehead atoms. The first kappa shape index (κ1) is 18.5. The molecule has 0 unspecified atom stereocenters. The van der Waals surface area contributed by atoms with Crippen LogP contribution >= 0.6 is 0 Å². The Morgan fingerprint density at radius 3 is 2.62 bits per heavy atom. The van der Waals surface area contributed by atoms with Gasteiger partial charge >= 0.3 is 0 Å². The van der Waals surface area contributed by atoms with Gasteiger partial charge in [-0.3, -0.25) is 9.59 Å². The number of hydrogen-bond acceptors (Lipinski definition) is 3. The van der Waals surface area contributed by atoms with Crippen molar-refractivity contribution in [1.82, 2.24) is 10.2 Å². The van der Waals surface area contributed by atoms with Crippen molar-refractivity contribution in [2.24, 2.45) is 5.92 Å². The highest BCUT2D eigenvalue weighted by atomic mass is 16.5. The number of carbonyl (C=O) groups excluding carboxylic acids is 2. The minimum absolute atomic E-state index is 0.00428. The van der Waals surface area contributed by atoms with Gasteiger partial charge in [0.05, 0.1) is 12.7 Å². The van der Waals surface area contributed by atoms with E-state index in [-0.39, 0.29) is 23.8 Å². The molecule has 5 nitrogen and oxygen atoms in total. The van der Waals surface area contributed by atoms with Gasteiger partial charge in [-0.25, -0.2) is 0 Å². The van der Waals surface area contributed by atoms with Gasteiger partial charge in [0.15, 0.2) is 0 Å². The van der Waals surface area contributed by atoms with Crippen LogP contribution in [0.5, 0.6) is 0 Å². The third-order valence-electron chi connectivity index (χ3n) is 4.71. The second-order valence-corrected chi connectivity index (χ2v) is 6.39. The summed E-state index contributed by atoms with van der Waals surface area (Å²) in [7, 11) is 0. The van der Waals surface area contributed by atoms with E-state index >= 15 is 0 Å². The molecule has 1 N–H and O–H groups in total. The molecule has 24 heavy (non-hydrogen) atoms. The molecule has 1 fully saturated rings. The minimum atomic E-state index is -0.502. The van der Waals surface area contributed by atoms with Gasteiger partial charge in [0, 0.05) is 18.7 Å². The molecule has 1 aromatic rings. The van der Waals surface area contributed by atoms with Crippen LogP contribution in [-0.2, 0) is 9.53 Å². The fourth-order valence-electron chi connectivity index (χ4n) is 2.86. The van der Waals surface area contributed by atoms with Crippen molar-refractivity contribution >= 4 is 11.8 Å². The van der Waals surface area contributed by atoms with Gasteiger partial charge < -0.3 is 15.0 Å². The minimum Gasteiger partial charge on any atom is -0.375 e. The molecule has 0 aromatic heterocycles. The Morgan fingerprint density at radius 1 is 1.29 bits per heavy atom. The highest BCUT2D eigenvalue weighted by molar-refractivity contribution is 5.97. The Kier molecular flexibility index (Phi) is 6.79. The van der Waals surface area contributed by atoms with Crippen molar-refractivity contribution < 1.29 is 14.3 Å². The fraction of sp³-hybridized carbons (Fsp3) is 0.579. The van der Waals surface area contributed by atoms with Crippen LogP contribution in [-0.4, -0.2) is 48.6 Å². The number of hydrogen-bond donors (Lipinski definition) is 1. The second kappa shape index (κ2) is 8.83. The predicted molar refractivity (Wildman–Crippen MR) is 93.8 cm³/mol. The number of nitrogens with one attached hydrogen (secondary N) is 1. The molecule has 0 spiro atoms. The number of ether oxygens (including phenoxy) is 1. The summed E-state index contributed by atoms with van der Waals surface area (Å²) < 4.78 is 5.64. The van der Waals surface area contributed by atoms with E-state index in [2.05, 4.69) is 12.2 Å². The molecule has 0 aliphatic carbocycles. The summed E-state index contributed by atoms with van der Waals surface area (Å²) in [6, 6.07) is 8.53. The van der Waals surface area contributed by atoms with E-state index in [1.165, 1.54) is 0 Å². The van der Waals surface area contributed by atoms with Crippen LogP contribution in [0.3, 0.4) is 0 Å². The van der Waals surface area contributed by atoms with Crippen LogP contribution in [0.25, 0.3) is 0 Å². The maximum Gasteiger partial charge on any atom is 0.251 e. The Bertz CT molecular complexity index is 547. The first-order valence-electron chi connectivity index (χ1n) is 8.83. The van der Waals surface area contributed by atoms with E-state index < -0.39 is 6.04 Å². The molecule has 0 saturated carbocycles. The number of morpholine rings is 1. The molecular formula is C19H28N2O3. The summed E-state index contributed by atoms with van der Waals surface area (Å²) in [5.41, 5.74) is 0.576. The summed E-state index contributed by atoms with van der Waals surface area (Å²) in [6.07, 6.45) is 1.80. The van der Waals surface area contributed by atoms with E-state index in [1.807, 2.05) is 36.9 Å². The summed E-state index contributed by atoms with van der Waals surface area (Å²) >= 11 is 0. The van der Waals surface area contributed by atoms with E-state index in [9.17, 15) is 9.59 Å². The van der Waals surface area contributed by atoms with E-state index in [1.54, 1.807) is 12.1 Å². The largest absolute Gasteiger partial charge is 0.375 e. The topological polar surface area (TPSA) is 58.6 Å². The number of nitrogens with zero attached hydrogens (tertiary/aromatic N) is 1. The van der Waals surface area contributed by atoms with Crippen LogP contribution in [0.4, 0.5) is 0 Å². The van der Waals surface area contributed by atoms with E-state index in [4.69, 9.17) is 4.74 Å². The Labute approximate surface area is 144 Å². The van der Waals surface area contributed by atoms with Crippen molar-refractivity contribution in [2.75, 3.05) is 19.7 Å². The third-order valence-corrected chi connectivity index (χ3v) is 4.71. The zero-order valence-corrected chi connectivity index (χ0v) is 14.8. The van der Waals surface area contributed by atoms with Gasteiger partial charge in [-0.15, -0.1) is 0 Å². The Morgan fingerprint density at radius 2 is 2.00 bits per heavy atom. The van der Waals surface area contributed by atoms with Crippen molar-refractivity contribution in [3.05, 3.63) is 35.9 Å². The number of amides is 2. The lowest BCUT2D eigenvalue weighted by Gasteiger charge is -2.36. The maximum absolute atomic E-state index is 13.0. The monoisotopic (exact) mass is 332 g/mol. The van der Waals surface area contributed by atoms with E-state index in [0.29, 0.717) is 25.3 Å². The van der Waals surface area contributed by atoms with Gasteiger partial charge in [0.25, 0.3) is 5.91 Å². The lowest BCUT2D eigenvalue weighted by Crippen LogP contribution is -2.55. The molecule has 3 atom stereocenters. The fourth-order valence-corrected chi connectivity index (χ4v) is 2.86. The molecule has 2 amide bonds. The van der Waals surface area contributed by atoms with Gasteiger partial charge in [-0.2, -0.15) is 0 Å². The summed E-state index contributed by atoms with van der Waals surface area (Å²) in [5.74, 6) is -0.127. The van der Waals surface area contributed by atoms with Crippen molar-refractivity contribution in [3.63, 3.8) is 0 Å². The van der Waals surface area contributed by atoms with Crippen molar-refractivity contribution in [3.8, 4) is 0 Å². The molecular weight excluding hydrogens is 304 g/mol. The summed E-state index contributed by atoms with van der Waals surface area (Å²) in [4.78, 5) is 27.3. The van der Waals surface area contributed by atoms with Crippen LogP contribution in [0.15, 0.2) is 30.3 Å². The molecule has 1 aromatic carbocycles. The first-order valence-corrected chi connectivity index (χ1v) is 8.83. The average Bonchev–Trinajstić information content (AvgIpc) is 2.65. The third kappa shape index (κ3) is 4.57. The highest BCUT2D eigenvalue weighted by Gasteiger charge is 2.32. The Balaban J connectivity index is 2.10.